The second-order valence-electron chi connectivity index (χ2n) is 7.97. The maximum atomic E-state index is 13.4. The van der Waals surface area contributed by atoms with Crippen molar-refractivity contribution in [1.82, 2.24) is 14.5 Å². The van der Waals surface area contributed by atoms with Crippen LogP contribution in [0.2, 0.25) is 5.02 Å². The summed E-state index contributed by atoms with van der Waals surface area (Å²) >= 11 is 5.65. The van der Waals surface area contributed by atoms with Gasteiger partial charge in [0.2, 0.25) is 15.9 Å². The second kappa shape index (κ2) is 8.79. The summed E-state index contributed by atoms with van der Waals surface area (Å²) < 4.78 is 66.9. The Morgan fingerprint density at radius 3 is 2.38 bits per heavy atom. The third kappa shape index (κ3) is 6.56. The molecule has 1 amide bonds. The Bertz CT molecular complexity index is 854. The molecule has 11 heteroatoms. The SMILES string of the molecule is CC(C)(C)NC(=O)CN1CCCN(S(=O)(=O)c2ccc(Cl)cc2C(F)(F)F)CC1. The normalized spacial score (nSPS) is 17.8. The Morgan fingerprint density at radius 2 is 1.79 bits per heavy atom. The topological polar surface area (TPSA) is 69.7 Å². The van der Waals surface area contributed by atoms with Gasteiger partial charge in [-0.2, -0.15) is 17.5 Å². The van der Waals surface area contributed by atoms with Crippen LogP contribution in [0.25, 0.3) is 0 Å². The Kier molecular flexibility index (Phi) is 7.25. The average Bonchev–Trinajstić information content (AvgIpc) is 2.78. The van der Waals surface area contributed by atoms with Crippen molar-refractivity contribution in [3.8, 4) is 0 Å². The summed E-state index contributed by atoms with van der Waals surface area (Å²) in [4.78, 5) is 13.1. The van der Waals surface area contributed by atoms with E-state index in [1.165, 1.54) is 0 Å². The molecule has 1 heterocycles. The van der Waals surface area contributed by atoms with Crippen LogP contribution in [0.15, 0.2) is 23.1 Å². The largest absolute Gasteiger partial charge is 0.417 e. The molecular formula is C18H25ClF3N3O3S. The standard InChI is InChI=1S/C18H25ClF3N3O3S/c1-17(2,3)23-16(26)12-24-7-4-8-25(10-9-24)29(27,28)15-6-5-13(19)11-14(15)18(20,21)22/h5-6,11H,4,7-10,12H2,1-3H3,(H,23,26). The minimum absolute atomic E-state index is 0.00887. The van der Waals surface area contributed by atoms with Crippen LogP contribution in [-0.2, 0) is 21.0 Å². The lowest BCUT2D eigenvalue weighted by Gasteiger charge is -2.25. The highest BCUT2D eigenvalue weighted by molar-refractivity contribution is 7.89. The van der Waals surface area contributed by atoms with Crippen molar-refractivity contribution in [2.75, 3.05) is 32.7 Å². The highest BCUT2D eigenvalue weighted by atomic mass is 35.5. The van der Waals surface area contributed by atoms with Gasteiger partial charge in [0.15, 0.2) is 0 Å². The molecule has 0 aromatic heterocycles. The van der Waals surface area contributed by atoms with Crippen LogP contribution in [0.4, 0.5) is 13.2 Å². The predicted molar refractivity (Wildman–Crippen MR) is 104 cm³/mol. The number of nitrogens with one attached hydrogen (secondary N) is 1. The van der Waals surface area contributed by atoms with E-state index in [0.717, 1.165) is 16.4 Å². The van der Waals surface area contributed by atoms with E-state index in [0.29, 0.717) is 19.0 Å². The van der Waals surface area contributed by atoms with Crippen molar-refractivity contribution in [2.45, 2.75) is 43.8 Å². The van der Waals surface area contributed by atoms with E-state index in [4.69, 9.17) is 11.6 Å². The fourth-order valence-electron chi connectivity index (χ4n) is 3.09. The Morgan fingerprint density at radius 1 is 1.14 bits per heavy atom. The number of rotatable bonds is 4. The van der Waals surface area contributed by atoms with E-state index < -0.39 is 26.7 Å². The molecule has 1 aromatic carbocycles. The molecule has 0 aliphatic carbocycles. The summed E-state index contributed by atoms with van der Waals surface area (Å²) in [6, 6.07) is 2.64. The molecule has 1 aromatic rings. The monoisotopic (exact) mass is 455 g/mol. The molecule has 0 unspecified atom stereocenters. The lowest BCUT2D eigenvalue weighted by molar-refractivity contribution is -0.140. The summed E-state index contributed by atoms with van der Waals surface area (Å²) in [5.74, 6) is -0.189. The third-order valence-electron chi connectivity index (χ3n) is 4.29. The molecule has 1 N–H and O–H groups in total. The highest BCUT2D eigenvalue weighted by Gasteiger charge is 2.39. The van der Waals surface area contributed by atoms with Gasteiger partial charge in [-0.3, -0.25) is 9.69 Å². The molecule has 164 valence electrons. The van der Waals surface area contributed by atoms with E-state index in [1.807, 2.05) is 20.8 Å². The zero-order chi connectivity index (χ0) is 22.0. The van der Waals surface area contributed by atoms with Gasteiger partial charge in [-0.25, -0.2) is 8.42 Å². The number of hydrogen-bond acceptors (Lipinski definition) is 4. The first-order chi connectivity index (χ1) is 13.2. The van der Waals surface area contributed by atoms with Crippen LogP contribution in [0, 0.1) is 0 Å². The number of nitrogens with zero attached hydrogens (tertiary/aromatic N) is 2. The number of alkyl halides is 3. The van der Waals surface area contributed by atoms with E-state index in [2.05, 4.69) is 5.32 Å². The minimum atomic E-state index is -4.85. The number of amides is 1. The Labute approximate surface area is 174 Å². The van der Waals surface area contributed by atoms with Crippen LogP contribution in [0.5, 0.6) is 0 Å². The lowest BCUT2D eigenvalue weighted by atomic mass is 10.1. The molecule has 1 aliphatic heterocycles. The van der Waals surface area contributed by atoms with Gasteiger partial charge in [0.1, 0.15) is 0 Å². The fourth-order valence-corrected chi connectivity index (χ4v) is 4.93. The smallest absolute Gasteiger partial charge is 0.350 e. The molecule has 0 spiro atoms. The Balaban J connectivity index is 2.17. The van der Waals surface area contributed by atoms with E-state index in [1.54, 1.807) is 4.90 Å². The molecule has 0 atom stereocenters. The molecule has 0 saturated carbocycles. The number of halogens is 4. The first kappa shape index (κ1) is 23.9. The fraction of sp³-hybridized carbons (Fsp3) is 0.611. The van der Waals surface area contributed by atoms with Crippen LogP contribution in [0.1, 0.15) is 32.8 Å². The number of hydrogen-bond donors (Lipinski definition) is 1. The van der Waals surface area contributed by atoms with Gasteiger partial charge in [0.05, 0.1) is 17.0 Å². The van der Waals surface area contributed by atoms with Crippen molar-refractivity contribution < 1.29 is 26.4 Å². The highest BCUT2D eigenvalue weighted by Crippen LogP contribution is 2.37. The molecule has 0 radical (unpaired) electrons. The van der Waals surface area contributed by atoms with Gasteiger partial charge in [-0.05, 0) is 51.9 Å². The summed E-state index contributed by atoms with van der Waals surface area (Å²) in [7, 11) is -4.37. The van der Waals surface area contributed by atoms with E-state index in [9.17, 15) is 26.4 Å². The predicted octanol–water partition coefficient (Wildman–Crippen LogP) is 2.97. The summed E-state index contributed by atoms with van der Waals surface area (Å²) in [6.07, 6.45) is -4.45. The minimum Gasteiger partial charge on any atom is -0.350 e. The van der Waals surface area contributed by atoms with Crippen molar-refractivity contribution in [1.29, 1.82) is 0 Å². The van der Waals surface area contributed by atoms with Crippen molar-refractivity contribution in [2.24, 2.45) is 0 Å². The van der Waals surface area contributed by atoms with Crippen LogP contribution < -0.4 is 5.32 Å². The van der Waals surface area contributed by atoms with Gasteiger partial charge in [0, 0.05) is 30.2 Å². The van der Waals surface area contributed by atoms with Crippen LogP contribution in [0.3, 0.4) is 0 Å². The quantitative estimate of drug-likeness (QED) is 0.757. The van der Waals surface area contributed by atoms with Gasteiger partial charge in [-0.15, -0.1) is 0 Å². The van der Waals surface area contributed by atoms with Crippen LogP contribution in [-0.4, -0.2) is 61.8 Å². The lowest BCUT2D eigenvalue weighted by Crippen LogP contribution is -2.46. The molecule has 29 heavy (non-hydrogen) atoms. The van der Waals surface area contributed by atoms with Gasteiger partial charge < -0.3 is 5.32 Å². The molecule has 0 bridgehead atoms. The number of benzene rings is 1. The summed E-state index contributed by atoms with van der Waals surface area (Å²) in [6.45, 7) is 6.43. The second-order valence-corrected chi connectivity index (χ2v) is 10.3. The molecule has 1 aliphatic rings. The maximum Gasteiger partial charge on any atom is 0.417 e. The molecule has 1 saturated heterocycles. The van der Waals surface area contributed by atoms with Gasteiger partial charge in [0.25, 0.3) is 0 Å². The van der Waals surface area contributed by atoms with Crippen molar-refractivity contribution >= 4 is 27.5 Å². The number of carbonyl (C=O) groups is 1. The zero-order valence-electron chi connectivity index (χ0n) is 16.5. The van der Waals surface area contributed by atoms with Crippen molar-refractivity contribution in [3.05, 3.63) is 28.8 Å². The average molecular weight is 456 g/mol. The first-order valence-electron chi connectivity index (χ1n) is 9.10. The van der Waals surface area contributed by atoms with Crippen molar-refractivity contribution in [3.63, 3.8) is 0 Å². The van der Waals surface area contributed by atoms with Gasteiger partial charge >= 0.3 is 6.18 Å². The Hall–Kier alpha value is -1.36. The van der Waals surface area contributed by atoms with E-state index in [-0.39, 0.29) is 42.6 Å². The third-order valence-corrected chi connectivity index (χ3v) is 6.49. The molecule has 2 rings (SSSR count). The number of sulfonamides is 1. The maximum absolute atomic E-state index is 13.4. The summed E-state index contributed by atoms with van der Waals surface area (Å²) in [5, 5.41) is 2.64. The molecule has 1 fully saturated rings. The van der Waals surface area contributed by atoms with Crippen LogP contribution >= 0.6 is 11.6 Å². The molecular weight excluding hydrogens is 431 g/mol. The molecule has 6 nitrogen and oxygen atoms in total. The summed E-state index contributed by atoms with van der Waals surface area (Å²) in [5.41, 5.74) is -1.67. The van der Waals surface area contributed by atoms with Gasteiger partial charge in [-0.1, -0.05) is 11.6 Å². The number of carbonyl (C=O) groups excluding carboxylic acids is 1. The van der Waals surface area contributed by atoms with E-state index >= 15 is 0 Å². The first-order valence-corrected chi connectivity index (χ1v) is 10.9. The zero-order valence-corrected chi connectivity index (χ0v) is 18.1.